The van der Waals surface area contributed by atoms with E-state index in [0.717, 1.165) is 62.3 Å². The second kappa shape index (κ2) is 10.1. The molecular weight excluding hydrogens is 346 g/mol. The Balaban J connectivity index is 1.51. The van der Waals surface area contributed by atoms with Crippen molar-refractivity contribution in [3.63, 3.8) is 0 Å². The Morgan fingerprint density at radius 3 is 3.12 bits per heavy atom. The van der Waals surface area contributed by atoms with Gasteiger partial charge in [0.05, 0.1) is 12.8 Å². The molecule has 1 aliphatic rings. The lowest BCUT2D eigenvalue weighted by Crippen LogP contribution is -2.45. The molecule has 0 spiro atoms. The first-order valence-electron chi connectivity index (χ1n) is 9.07. The molecule has 140 valence electrons. The molecule has 0 bridgehead atoms. The first-order chi connectivity index (χ1) is 12.8. The fourth-order valence-electron chi connectivity index (χ4n) is 2.98. The maximum Gasteiger partial charge on any atom is 0.191 e. The van der Waals surface area contributed by atoms with Crippen molar-refractivity contribution < 1.29 is 4.42 Å². The topological polar surface area (TPSA) is 65.7 Å². The molecule has 7 heteroatoms. The molecule has 2 N–H and O–H groups in total. The number of pyridine rings is 1. The summed E-state index contributed by atoms with van der Waals surface area (Å²) in [5.74, 6) is 3.94. The predicted molar refractivity (Wildman–Crippen MR) is 109 cm³/mol. The molecule has 6 nitrogen and oxygen atoms in total. The number of hydrogen-bond acceptors (Lipinski definition) is 5. The summed E-state index contributed by atoms with van der Waals surface area (Å²) in [5.41, 5.74) is 0. The molecule has 2 aromatic rings. The molecule has 3 heterocycles. The molecule has 26 heavy (non-hydrogen) atoms. The van der Waals surface area contributed by atoms with Crippen LogP contribution in [0.25, 0.3) is 0 Å². The lowest BCUT2D eigenvalue weighted by atomic mass is 10.3. The van der Waals surface area contributed by atoms with Crippen LogP contribution in [0.15, 0.2) is 52.2 Å². The summed E-state index contributed by atoms with van der Waals surface area (Å²) in [5, 5.41) is 7.02. The number of aliphatic imine (C=N–C) groups is 1. The highest BCUT2D eigenvalue weighted by Gasteiger charge is 2.24. The predicted octanol–water partition coefficient (Wildman–Crippen LogP) is 2.39. The molecule has 0 amide bonds. The Kier molecular flexibility index (Phi) is 7.25. The third-order valence-electron chi connectivity index (χ3n) is 4.31. The number of aromatic nitrogens is 1. The molecule has 0 saturated carbocycles. The van der Waals surface area contributed by atoms with Gasteiger partial charge in [-0.3, -0.25) is 4.99 Å². The Morgan fingerprint density at radius 1 is 1.38 bits per heavy atom. The van der Waals surface area contributed by atoms with E-state index in [2.05, 4.69) is 32.8 Å². The molecule has 3 rings (SSSR count). The van der Waals surface area contributed by atoms with E-state index in [1.54, 1.807) is 6.26 Å². The number of anilines is 1. The van der Waals surface area contributed by atoms with Crippen LogP contribution in [0.4, 0.5) is 5.82 Å². The smallest absolute Gasteiger partial charge is 0.191 e. The molecule has 1 atom stereocenters. The van der Waals surface area contributed by atoms with Crippen LogP contribution >= 0.6 is 11.8 Å². The summed E-state index contributed by atoms with van der Waals surface area (Å²) in [6.07, 6.45) is 7.60. The molecule has 1 aliphatic heterocycles. The maximum atomic E-state index is 5.39. The van der Waals surface area contributed by atoms with E-state index in [-0.39, 0.29) is 0 Å². The van der Waals surface area contributed by atoms with Gasteiger partial charge in [0.1, 0.15) is 11.6 Å². The monoisotopic (exact) mass is 373 g/mol. The maximum absolute atomic E-state index is 5.39. The van der Waals surface area contributed by atoms with Crippen LogP contribution in [0.3, 0.4) is 0 Å². The van der Waals surface area contributed by atoms with Crippen molar-refractivity contribution in [1.29, 1.82) is 0 Å². The van der Waals surface area contributed by atoms with E-state index >= 15 is 0 Å². The summed E-state index contributed by atoms with van der Waals surface area (Å²) in [6.45, 7) is 3.57. The molecule has 2 aromatic heterocycles. The van der Waals surface area contributed by atoms with E-state index in [9.17, 15) is 0 Å². The third-order valence-corrected chi connectivity index (χ3v) is 4.90. The van der Waals surface area contributed by atoms with Crippen molar-refractivity contribution in [3.8, 4) is 0 Å². The van der Waals surface area contributed by atoms with Crippen LogP contribution in [0.2, 0.25) is 0 Å². The molecule has 0 aliphatic carbocycles. The lowest BCUT2D eigenvalue weighted by molar-refractivity contribution is 0.506. The van der Waals surface area contributed by atoms with E-state index in [4.69, 9.17) is 9.41 Å². The van der Waals surface area contributed by atoms with Crippen LogP contribution in [0, 0.1) is 0 Å². The molecule has 0 aromatic carbocycles. The van der Waals surface area contributed by atoms with Gasteiger partial charge in [0, 0.05) is 44.0 Å². The summed E-state index contributed by atoms with van der Waals surface area (Å²) in [7, 11) is 0. The minimum absolute atomic E-state index is 0.376. The first kappa shape index (κ1) is 18.6. The van der Waals surface area contributed by atoms with Gasteiger partial charge in [-0.25, -0.2) is 4.98 Å². The zero-order chi connectivity index (χ0) is 18.0. The van der Waals surface area contributed by atoms with Crippen LogP contribution in [0.1, 0.15) is 12.2 Å². The van der Waals surface area contributed by atoms with Crippen molar-refractivity contribution in [1.82, 2.24) is 15.6 Å². The molecule has 1 unspecified atom stereocenters. The average Bonchev–Trinajstić information content (AvgIpc) is 3.34. The molecule has 1 fully saturated rings. The largest absolute Gasteiger partial charge is 0.469 e. The van der Waals surface area contributed by atoms with Crippen LogP contribution in [0.5, 0.6) is 0 Å². The highest BCUT2D eigenvalue weighted by Crippen LogP contribution is 2.17. The van der Waals surface area contributed by atoms with E-state index in [1.165, 1.54) is 0 Å². The molecule has 0 radical (unpaired) electrons. The summed E-state index contributed by atoms with van der Waals surface area (Å²) >= 11 is 1.81. The minimum atomic E-state index is 0.376. The second-order valence-corrected chi connectivity index (χ2v) is 7.23. The van der Waals surface area contributed by atoms with Gasteiger partial charge in [-0.2, -0.15) is 11.8 Å². The van der Waals surface area contributed by atoms with Crippen LogP contribution < -0.4 is 15.5 Å². The number of thioether (sulfide) groups is 1. The van der Waals surface area contributed by atoms with Gasteiger partial charge in [0.2, 0.25) is 0 Å². The summed E-state index contributed by atoms with van der Waals surface area (Å²) < 4.78 is 5.39. The summed E-state index contributed by atoms with van der Waals surface area (Å²) in [4.78, 5) is 11.5. The number of nitrogens with one attached hydrogen (secondary N) is 2. The van der Waals surface area contributed by atoms with Gasteiger partial charge in [0.15, 0.2) is 5.96 Å². The lowest BCUT2D eigenvalue weighted by Gasteiger charge is -2.19. The number of guanidine groups is 1. The number of nitrogens with zero attached hydrogens (tertiary/aromatic N) is 3. The second-order valence-electron chi connectivity index (χ2n) is 6.24. The molecule has 1 saturated heterocycles. The van der Waals surface area contributed by atoms with Gasteiger partial charge in [-0.1, -0.05) is 6.07 Å². The van der Waals surface area contributed by atoms with Gasteiger partial charge in [0.25, 0.3) is 0 Å². The standard InChI is InChI=1S/C19H27N5OS/c1-26-14-11-22-19(21-10-7-17-5-4-13-25-17)23-16-8-12-24(15-16)18-6-2-3-9-20-18/h2-6,9,13,16H,7-8,10-12,14-15H2,1H3,(H2,21,22,23). The van der Waals surface area contributed by atoms with E-state index in [1.807, 2.05) is 42.2 Å². The Hall–Kier alpha value is -2.15. The quantitative estimate of drug-likeness (QED) is 0.421. The average molecular weight is 374 g/mol. The van der Waals surface area contributed by atoms with E-state index < -0.39 is 0 Å². The highest BCUT2D eigenvalue weighted by molar-refractivity contribution is 7.98. The first-order valence-corrected chi connectivity index (χ1v) is 10.5. The molecular formula is C19H27N5OS. The van der Waals surface area contributed by atoms with Crippen molar-refractivity contribution in [3.05, 3.63) is 48.6 Å². The van der Waals surface area contributed by atoms with E-state index in [0.29, 0.717) is 6.04 Å². The zero-order valence-corrected chi connectivity index (χ0v) is 16.0. The number of hydrogen-bond donors (Lipinski definition) is 2. The SMILES string of the molecule is CSCCN=C(NCCc1ccco1)NC1CCN(c2ccccn2)C1. The van der Waals surface area contributed by atoms with Crippen LogP contribution in [-0.2, 0) is 6.42 Å². The zero-order valence-electron chi connectivity index (χ0n) is 15.2. The van der Waals surface area contributed by atoms with Gasteiger partial charge in [-0.05, 0) is 36.9 Å². The fourth-order valence-corrected chi connectivity index (χ4v) is 3.25. The van der Waals surface area contributed by atoms with Crippen LogP contribution in [-0.4, -0.2) is 55.2 Å². The Bertz CT molecular complexity index is 662. The Morgan fingerprint density at radius 2 is 2.35 bits per heavy atom. The minimum Gasteiger partial charge on any atom is -0.469 e. The van der Waals surface area contributed by atoms with Crippen molar-refractivity contribution in [2.24, 2.45) is 4.99 Å². The van der Waals surface area contributed by atoms with Crippen molar-refractivity contribution >= 4 is 23.5 Å². The van der Waals surface area contributed by atoms with Gasteiger partial charge < -0.3 is 20.0 Å². The number of furan rings is 1. The summed E-state index contributed by atoms with van der Waals surface area (Å²) in [6, 6.07) is 10.4. The van der Waals surface area contributed by atoms with Gasteiger partial charge >= 0.3 is 0 Å². The third kappa shape index (κ3) is 5.69. The normalized spacial score (nSPS) is 17.5. The van der Waals surface area contributed by atoms with Gasteiger partial charge in [-0.15, -0.1) is 0 Å². The fraction of sp³-hybridized carbons (Fsp3) is 0.474. The van der Waals surface area contributed by atoms with Crippen molar-refractivity contribution in [2.75, 3.05) is 43.1 Å². The Labute approximate surface area is 159 Å². The van der Waals surface area contributed by atoms with Crippen molar-refractivity contribution in [2.45, 2.75) is 18.9 Å². The highest BCUT2D eigenvalue weighted by atomic mass is 32.2. The number of rotatable bonds is 8.